The van der Waals surface area contributed by atoms with Crippen molar-refractivity contribution in [3.8, 4) is 0 Å². The number of fused-ring (bicyclic) bond motifs is 8. The molecule has 1 saturated carbocycles. The van der Waals surface area contributed by atoms with Crippen molar-refractivity contribution in [1.82, 2.24) is 0 Å². The molecule has 4 aromatic carbocycles. The number of rotatable bonds is 4. The topological polar surface area (TPSA) is 19.6 Å². The van der Waals surface area contributed by atoms with E-state index in [9.17, 15) is 0 Å². The first kappa shape index (κ1) is 53.9. The van der Waals surface area contributed by atoms with Crippen LogP contribution in [0.3, 0.4) is 0 Å². The Balaban J connectivity index is 1.21. The summed E-state index contributed by atoms with van der Waals surface area (Å²) in [6.07, 6.45) is 14.5. The van der Waals surface area contributed by atoms with Crippen LogP contribution in [0.15, 0.2) is 100 Å². The SMILES string of the molecule is CC1(C)CCC(C)(C)C2Cc3oc4c(c3C=C21)N(c1ccc(C(C)(C)C)cc1)c1cc(C(C)(C)C)cc2c1B4c1cc3c(cc1N2C1CC2=C(C=C1c1ccc([Si](C)(C)C)cc1)C(C)(C)CCC2(C)C)C(C)(C)CCC3(C)C. The largest absolute Gasteiger partial charge is 0.472 e. The molecule has 2 unspecified atom stereocenters. The summed E-state index contributed by atoms with van der Waals surface area (Å²) < 4.78 is 7.92. The summed E-state index contributed by atoms with van der Waals surface area (Å²) in [6.45, 7) is 52.0. The number of benzene rings is 4. The van der Waals surface area contributed by atoms with Crippen LogP contribution < -0.4 is 31.6 Å². The molecule has 1 aromatic heterocycles. The Bertz CT molecular complexity index is 3410. The van der Waals surface area contributed by atoms with E-state index in [4.69, 9.17) is 4.42 Å². The summed E-state index contributed by atoms with van der Waals surface area (Å²) in [4.78, 5) is 5.63. The maximum absolute atomic E-state index is 7.92. The van der Waals surface area contributed by atoms with Crippen LogP contribution in [0.5, 0.6) is 0 Å². The lowest BCUT2D eigenvalue weighted by Crippen LogP contribution is -2.63. The minimum Gasteiger partial charge on any atom is -0.472 e. The van der Waals surface area contributed by atoms with Crippen molar-refractivity contribution in [3.05, 3.63) is 135 Å². The van der Waals surface area contributed by atoms with Crippen molar-refractivity contribution < 1.29 is 4.42 Å². The van der Waals surface area contributed by atoms with Crippen LogP contribution in [0.2, 0.25) is 19.6 Å². The van der Waals surface area contributed by atoms with E-state index in [1.54, 1.807) is 16.7 Å². The van der Waals surface area contributed by atoms with E-state index in [0.29, 0.717) is 5.92 Å². The molecule has 12 rings (SSSR count). The van der Waals surface area contributed by atoms with Crippen molar-refractivity contribution in [1.29, 1.82) is 0 Å². The monoisotopic (exact) mass is 1050 g/mol. The summed E-state index contributed by atoms with van der Waals surface area (Å²) in [5, 5.41) is 1.52. The summed E-state index contributed by atoms with van der Waals surface area (Å²) in [5.74, 6) is 1.60. The van der Waals surface area contributed by atoms with Crippen LogP contribution in [0, 0.1) is 27.6 Å². The number of hydrogen-bond acceptors (Lipinski definition) is 3. The molecule has 0 spiro atoms. The molecule has 2 aliphatic heterocycles. The second-order valence-electron chi connectivity index (χ2n) is 33.0. The lowest BCUT2D eigenvalue weighted by atomic mass is 9.35. The molecule has 3 nitrogen and oxygen atoms in total. The molecule has 3 heterocycles. The lowest BCUT2D eigenvalue weighted by Gasteiger charge is -2.52. The Kier molecular flexibility index (Phi) is 11.7. The smallest absolute Gasteiger partial charge is 0.297 e. The molecule has 0 N–H and O–H groups in total. The zero-order valence-electron chi connectivity index (χ0n) is 52.3. The maximum Gasteiger partial charge on any atom is 0.297 e. The fraction of sp³-hybridized carbons (Fsp3) is 0.534. The van der Waals surface area contributed by atoms with E-state index in [1.165, 1.54) is 128 Å². The van der Waals surface area contributed by atoms with Crippen molar-refractivity contribution in [3.63, 3.8) is 0 Å². The van der Waals surface area contributed by atoms with Gasteiger partial charge in [-0.2, -0.15) is 0 Å². The number of hydrogen-bond donors (Lipinski definition) is 0. The fourth-order valence-electron chi connectivity index (χ4n) is 15.9. The highest BCUT2D eigenvalue weighted by Gasteiger charge is 2.54. The zero-order valence-corrected chi connectivity index (χ0v) is 53.3. The molecule has 0 bridgehead atoms. The van der Waals surface area contributed by atoms with Gasteiger partial charge in [0.05, 0.1) is 25.5 Å². The van der Waals surface area contributed by atoms with Gasteiger partial charge < -0.3 is 14.2 Å². The first-order valence-electron chi connectivity index (χ1n) is 30.5. The molecule has 7 aliphatic rings. The maximum atomic E-state index is 7.92. The molecule has 5 aromatic rings. The van der Waals surface area contributed by atoms with E-state index < -0.39 is 8.07 Å². The number of nitrogens with zero attached hydrogens (tertiary/aromatic N) is 2. The van der Waals surface area contributed by atoms with Gasteiger partial charge in [-0.15, -0.1) is 0 Å². The standard InChI is InChI=1S/C73H95BN2OSi/c1-66(2,3)45-24-26-47(27-25-45)75-60-36-46(67(4,5)6)37-61-63(60)74(65-64(75)50-39-52-56(43-62(50)77-65)73(17,18)35-31-69(52,9)10)57-40-53-55(72(15,16)34-32-70(53,11)12)42-59(57)76(61)58-41-54-51(68(7,8)30-33-71(54,13)14)38-49(58)44-22-28-48(29-23-44)78(19,20)21/h22-29,36-40,42,56,58H,30-35,41,43H2,1-21H3. The molecular formula is C73H95BN2OSi. The van der Waals surface area contributed by atoms with Crippen LogP contribution in [0.25, 0.3) is 11.6 Å². The zero-order chi connectivity index (χ0) is 56.2. The summed E-state index contributed by atoms with van der Waals surface area (Å²) in [5.41, 5.74) is 25.5. The average molecular weight is 1060 g/mol. The van der Waals surface area contributed by atoms with E-state index in [2.05, 4.69) is 239 Å². The van der Waals surface area contributed by atoms with Gasteiger partial charge in [0.2, 0.25) is 0 Å². The third kappa shape index (κ3) is 8.27. The number of allylic oxidation sites excluding steroid dienone is 3. The first-order valence-corrected chi connectivity index (χ1v) is 34.0. The lowest BCUT2D eigenvalue weighted by molar-refractivity contribution is 0.119. The Hall–Kier alpha value is -4.74. The van der Waals surface area contributed by atoms with Gasteiger partial charge in [0.1, 0.15) is 5.76 Å². The van der Waals surface area contributed by atoms with Gasteiger partial charge in [0, 0.05) is 34.7 Å². The Morgan fingerprint density at radius 1 is 0.577 bits per heavy atom. The normalized spacial score (nSPS) is 23.9. The molecule has 2 atom stereocenters. The highest BCUT2D eigenvalue weighted by molar-refractivity contribution is 6.99. The van der Waals surface area contributed by atoms with Crippen LogP contribution in [0.1, 0.15) is 209 Å². The van der Waals surface area contributed by atoms with E-state index in [0.717, 1.165) is 18.5 Å². The van der Waals surface area contributed by atoms with Gasteiger partial charge in [-0.1, -0.05) is 209 Å². The third-order valence-corrected chi connectivity index (χ3v) is 23.8. The van der Waals surface area contributed by atoms with Gasteiger partial charge in [0.15, 0.2) is 0 Å². The van der Waals surface area contributed by atoms with Crippen LogP contribution in [-0.4, -0.2) is 20.8 Å². The van der Waals surface area contributed by atoms with Gasteiger partial charge in [-0.05, 0) is 180 Å². The van der Waals surface area contributed by atoms with Gasteiger partial charge in [0.25, 0.3) is 6.71 Å². The van der Waals surface area contributed by atoms with E-state index >= 15 is 0 Å². The van der Waals surface area contributed by atoms with Gasteiger partial charge in [-0.25, -0.2) is 0 Å². The molecular weight excluding hydrogens is 960 g/mol. The minimum atomic E-state index is -1.56. The quantitative estimate of drug-likeness (QED) is 0.164. The average Bonchev–Trinajstić information content (AvgIpc) is 3.74. The highest BCUT2D eigenvalue weighted by Crippen LogP contribution is 2.60. The molecule has 5 aliphatic carbocycles. The molecule has 0 radical (unpaired) electrons. The van der Waals surface area contributed by atoms with Gasteiger partial charge >= 0.3 is 0 Å². The van der Waals surface area contributed by atoms with E-state index in [-0.39, 0.29) is 56.1 Å². The van der Waals surface area contributed by atoms with Crippen LogP contribution in [-0.2, 0) is 28.1 Å². The summed E-state index contributed by atoms with van der Waals surface area (Å²) in [7, 11) is -1.56. The van der Waals surface area contributed by atoms with Crippen molar-refractivity contribution in [2.75, 3.05) is 9.80 Å². The Morgan fingerprint density at radius 2 is 1.15 bits per heavy atom. The van der Waals surface area contributed by atoms with Crippen LogP contribution in [0.4, 0.5) is 28.4 Å². The molecule has 0 saturated heterocycles. The highest BCUT2D eigenvalue weighted by atomic mass is 28.3. The molecule has 0 amide bonds. The summed E-state index contributed by atoms with van der Waals surface area (Å²) in [6, 6.07) is 30.4. The number of furan rings is 1. The molecule has 78 heavy (non-hydrogen) atoms. The predicted molar refractivity (Wildman–Crippen MR) is 341 cm³/mol. The van der Waals surface area contributed by atoms with E-state index in [1.807, 2.05) is 0 Å². The van der Waals surface area contributed by atoms with Crippen molar-refractivity contribution in [2.45, 2.75) is 223 Å². The second-order valence-corrected chi connectivity index (χ2v) is 38.1. The fourth-order valence-corrected chi connectivity index (χ4v) is 17.0. The summed E-state index contributed by atoms with van der Waals surface area (Å²) >= 11 is 0. The van der Waals surface area contributed by atoms with Crippen molar-refractivity contribution in [2.24, 2.45) is 27.6 Å². The number of anilines is 5. The molecule has 410 valence electrons. The minimum absolute atomic E-state index is 0.0207. The van der Waals surface area contributed by atoms with Crippen LogP contribution >= 0.6 is 0 Å². The molecule has 5 heteroatoms. The Morgan fingerprint density at radius 3 is 1.77 bits per heavy atom. The first-order chi connectivity index (χ1) is 36.0. The Labute approximate surface area is 473 Å². The van der Waals surface area contributed by atoms with Gasteiger partial charge in [-0.3, -0.25) is 0 Å². The third-order valence-electron chi connectivity index (χ3n) is 21.7. The molecule has 1 fully saturated rings. The second kappa shape index (κ2) is 16.9. The van der Waals surface area contributed by atoms with Crippen molar-refractivity contribution >= 4 is 76.6 Å². The predicted octanol–water partition coefficient (Wildman–Crippen LogP) is 17.9.